The Morgan fingerprint density at radius 1 is 1.73 bits per heavy atom. The van der Waals surface area contributed by atoms with Gasteiger partial charge in [-0.2, -0.15) is 0 Å². The van der Waals surface area contributed by atoms with Crippen LogP contribution in [0.4, 0.5) is 0 Å². The number of thiocarbonyl (C=S) groups is 1. The van der Waals surface area contributed by atoms with E-state index in [9.17, 15) is 0 Å². The van der Waals surface area contributed by atoms with Crippen LogP contribution in [0.25, 0.3) is 0 Å². The third kappa shape index (κ3) is 3.95. The van der Waals surface area contributed by atoms with Crippen molar-refractivity contribution in [3.63, 3.8) is 0 Å². The number of nitrogens with one attached hydrogen (secondary N) is 1. The number of piperazine rings is 1. The first kappa shape index (κ1) is 12.7. The van der Waals surface area contributed by atoms with Gasteiger partial charge in [-0.3, -0.25) is 0 Å². The molecule has 1 aliphatic rings. The molecule has 2 nitrogen and oxygen atoms in total. The Kier molecular flexibility index (Phi) is 7.17. The number of nitrogens with zero attached hydrogens (tertiary/aromatic N) is 1. The van der Waals surface area contributed by atoms with Crippen molar-refractivity contribution in [2.24, 2.45) is 0 Å². The van der Waals surface area contributed by atoms with Gasteiger partial charge in [-0.25, -0.2) is 0 Å². The fraction of sp³-hybridized carbons (Fsp3) is 0.833. The van der Waals surface area contributed by atoms with E-state index >= 15 is 0 Å². The first-order valence-electron chi connectivity index (χ1n) is 3.40. The maximum Gasteiger partial charge on any atom is 1.00 e. The van der Waals surface area contributed by atoms with Crippen molar-refractivity contribution in [1.82, 2.24) is 10.2 Å². The fourth-order valence-corrected chi connectivity index (χ4v) is 1.65. The summed E-state index contributed by atoms with van der Waals surface area (Å²) in [6.45, 7) is 5.09. The van der Waals surface area contributed by atoms with Crippen LogP contribution in [0.5, 0.6) is 0 Å². The molecule has 0 amide bonds. The molecular formula is C6H11KN2S2. The molecule has 1 N–H and O–H groups in total. The van der Waals surface area contributed by atoms with E-state index in [2.05, 4.69) is 17.1 Å². The smallest absolute Gasteiger partial charge is 0.411 e. The van der Waals surface area contributed by atoms with E-state index < -0.39 is 0 Å². The first-order chi connectivity index (χ1) is 4.72. The zero-order valence-electron chi connectivity index (χ0n) is 6.96. The van der Waals surface area contributed by atoms with E-state index in [0.29, 0.717) is 10.4 Å². The average Bonchev–Trinajstić information content (AvgIpc) is 1.88. The Morgan fingerprint density at radius 3 is 2.73 bits per heavy atom. The van der Waals surface area contributed by atoms with Gasteiger partial charge in [0.2, 0.25) is 0 Å². The second-order valence-corrected chi connectivity index (χ2v) is 3.54. The van der Waals surface area contributed by atoms with Crippen LogP contribution >= 0.6 is 12.2 Å². The van der Waals surface area contributed by atoms with Crippen molar-refractivity contribution in [2.75, 3.05) is 19.6 Å². The van der Waals surface area contributed by atoms with Crippen LogP contribution in [-0.4, -0.2) is 34.9 Å². The van der Waals surface area contributed by atoms with Crippen molar-refractivity contribution in [2.45, 2.75) is 13.0 Å². The van der Waals surface area contributed by atoms with Crippen LogP contribution in [0.1, 0.15) is 6.92 Å². The number of hydrogen-bond acceptors (Lipinski definition) is 3. The molecule has 0 aromatic heterocycles. The summed E-state index contributed by atoms with van der Waals surface area (Å²) in [7, 11) is 0. The second kappa shape index (κ2) is 6.20. The number of hydrogen-bond donors (Lipinski definition) is 1. The zero-order chi connectivity index (χ0) is 7.56. The Balaban J connectivity index is 0.000001000. The van der Waals surface area contributed by atoms with E-state index in [1.807, 2.05) is 0 Å². The molecule has 1 fully saturated rings. The fourth-order valence-electron chi connectivity index (χ4n) is 1.11. The van der Waals surface area contributed by atoms with Crippen molar-refractivity contribution in [1.29, 1.82) is 0 Å². The molecule has 1 heterocycles. The predicted molar refractivity (Wildman–Crippen MR) is 49.0 cm³/mol. The Hall–Kier alpha value is 1.71. The van der Waals surface area contributed by atoms with Gasteiger partial charge in [0.25, 0.3) is 0 Å². The van der Waals surface area contributed by atoms with E-state index in [0.717, 1.165) is 19.6 Å². The SMILES string of the molecule is CC1CNCCN1C(=S)[S-].[K+]. The topological polar surface area (TPSA) is 15.3 Å². The monoisotopic (exact) mass is 214 g/mol. The zero-order valence-corrected chi connectivity index (χ0v) is 11.7. The summed E-state index contributed by atoms with van der Waals surface area (Å²) in [5.41, 5.74) is 0. The molecule has 1 atom stereocenters. The van der Waals surface area contributed by atoms with Crippen molar-refractivity contribution >= 4 is 29.2 Å². The summed E-state index contributed by atoms with van der Waals surface area (Å²) in [5.74, 6) is 0. The molecule has 1 rings (SSSR count). The summed E-state index contributed by atoms with van der Waals surface area (Å²) < 4.78 is 0.606. The molecule has 11 heavy (non-hydrogen) atoms. The first-order valence-corrected chi connectivity index (χ1v) is 4.22. The van der Waals surface area contributed by atoms with Gasteiger partial charge in [0.1, 0.15) is 0 Å². The standard InChI is InChI=1S/C6H12N2S2.K/c1-5-4-7-2-3-8(5)6(9)10;/h5,7H,2-4H2,1H3,(H,9,10);/q;+1/p-1. The molecule has 0 saturated carbocycles. The minimum Gasteiger partial charge on any atom is -0.411 e. The molecule has 1 aliphatic heterocycles. The van der Waals surface area contributed by atoms with Gasteiger partial charge in [0, 0.05) is 25.7 Å². The quantitative estimate of drug-likeness (QED) is 0.265. The van der Waals surface area contributed by atoms with Gasteiger partial charge in [-0.15, -0.1) is 0 Å². The molecule has 0 aliphatic carbocycles. The maximum absolute atomic E-state index is 4.91. The van der Waals surface area contributed by atoms with E-state index in [4.69, 9.17) is 24.8 Å². The van der Waals surface area contributed by atoms with Crippen molar-refractivity contribution in [3.05, 3.63) is 0 Å². The van der Waals surface area contributed by atoms with Gasteiger partial charge < -0.3 is 35.1 Å². The molecule has 1 saturated heterocycles. The van der Waals surface area contributed by atoms with E-state index in [1.54, 1.807) is 0 Å². The number of rotatable bonds is 0. The van der Waals surface area contributed by atoms with Gasteiger partial charge in [0.15, 0.2) is 0 Å². The van der Waals surface area contributed by atoms with E-state index in [-0.39, 0.29) is 51.4 Å². The molecule has 0 aromatic carbocycles. The van der Waals surface area contributed by atoms with E-state index in [1.165, 1.54) is 0 Å². The van der Waals surface area contributed by atoms with Gasteiger partial charge in [-0.05, 0) is 6.92 Å². The summed E-state index contributed by atoms with van der Waals surface area (Å²) in [5, 5.41) is 3.27. The molecule has 0 aromatic rings. The summed E-state index contributed by atoms with van der Waals surface area (Å²) in [4.78, 5) is 2.08. The molecular weight excluding hydrogens is 203 g/mol. The third-order valence-electron chi connectivity index (χ3n) is 1.74. The molecule has 1 unspecified atom stereocenters. The van der Waals surface area contributed by atoms with Gasteiger partial charge in [0.05, 0.1) is 0 Å². The van der Waals surface area contributed by atoms with Crippen LogP contribution in [0.15, 0.2) is 0 Å². The molecule has 0 radical (unpaired) electrons. The van der Waals surface area contributed by atoms with Crippen LogP contribution in [0, 0.1) is 0 Å². The third-order valence-corrected chi connectivity index (χ3v) is 2.20. The van der Waals surface area contributed by atoms with Crippen LogP contribution < -0.4 is 56.7 Å². The molecule has 58 valence electrons. The Morgan fingerprint density at radius 2 is 2.36 bits per heavy atom. The molecule has 5 heteroatoms. The second-order valence-electron chi connectivity index (χ2n) is 2.51. The van der Waals surface area contributed by atoms with Crippen LogP contribution in [0.3, 0.4) is 0 Å². The maximum atomic E-state index is 4.91. The predicted octanol–water partition coefficient (Wildman–Crippen LogP) is -2.88. The molecule has 0 bridgehead atoms. The largest absolute Gasteiger partial charge is 1.00 e. The van der Waals surface area contributed by atoms with Crippen molar-refractivity contribution < 1.29 is 51.4 Å². The minimum absolute atomic E-state index is 0. The van der Waals surface area contributed by atoms with Crippen LogP contribution in [0.2, 0.25) is 0 Å². The average molecular weight is 214 g/mol. The summed E-state index contributed by atoms with van der Waals surface area (Å²) >= 11 is 9.81. The van der Waals surface area contributed by atoms with Gasteiger partial charge in [-0.1, -0.05) is 4.32 Å². The Labute approximate surface area is 121 Å². The van der Waals surface area contributed by atoms with Crippen molar-refractivity contribution in [3.8, 4) is 0 Å². The Bertz CT molecular complexity index is 143. The summed E-state index contributed by atoms with van der Waals surface area (Å²) in [6, 6.07) is 0.471. The van der Waals surface area contributed by atoms with Crippen LogP contribution in [-0.2, 0) is 12.6 Å². The molecule has 0 spiro atoms. The van der Waals surface area contributed by atoms with Gasteiger partial charge >= 0.3 is 51.4 Å². The summed E-state index contributed by atoms with van der Waals surface area (Å²) in [6.07, 6.45) is 0. The minimum atomic E-state index is 0. The normalized spacial score (nSPS) is 24.1.